The highest BCUT2D eigenvalue weighted by molar-refractivity contribution is 7.99. The standard InChI is InChI=1S/C10H13NO2S/c11-9(10(12)13)6-7-14-8-4-2-1-3-5-8/h1-5,9H,6-7,11H2,(H,12,13). The van der Waals surface area contributed by atoms with Gasteiger partial charge in [-0.1, -0.05) is 18.2 Å². The number of aliphatic carboxylic acids is 1. The largest absolute Gasteiger partial charge is 0.480 e. The third-order valence-electron chi connectivity index (χ3n) is 1.76. The van der Waals surface area contributed by atoms with Crippen molar-refractivity contribution in [2.24, 2.45) is 5.73 Å². The number of carbonyl (C=O) groups is 1. The maximum Gasteiger partial charge on any atom is 0.320 e. The smallest absolute Gasteiger partial charge is 0.320 e. The van der Waals surface area contributed by atoms with Gasteiger partial charge in [-0.25, -0.2) is 0 Å². The molecule has 1 aromatic rings. The minimum absolute atomic E-state index is 0.495. The molecule has 0 aliphatic carbocycles. The third kappa shape index (κ3) is 3.81. The summed E-state index contributed by atoms with van der Waals surface area (Å²) < 4.78 is 0. The van der Waals surface area contributed by atoms with E-state index in [2.05, 4.69) is 0 Å². The number of benzene rings is 1. The molecule has 1 unspecified atom stereocenters. The summed E-state index contributed by atoms with van der Waals surface area (Å²) in [7, 11) is 0. The summed E-state index contributed by atoms with van der Waals surface area (Å²) in [5.41, 5.74) is 5.37. The number of hydrogen-bond donors (Lipinski definition) is 2. The van der Waals surface area contributed by atoms with Crippen LogP contribution in [0, 0.1) is 0 Å². The average molecular weight is 211 g/mol. The number of carboxylic acids is 1. The molecule has 0 saturated carbocycles. The van der Waals surface area contributed by atoms with E-state index in [1.807, 2.05) is 30.3 Å². The molecule has 0 amide bonds. The van der Waals surface area contributed by atoms with Gasteiger partial charge >= 0.3 is 5.97 Å². The van der Waals surface area contributed by atoms with Crippen LogP contribution in [-0.2, 0) is 4.79 Å². The van der Waals surface area contributed by atoms with E-state index in [1.165, 1.54) is 0 Å². The molecule has 0 saturated heterocycles. The Kier molecular flexibility index (Phi) is 4.49. The van der Waals surface area contributed by atoms with Crippen LogP contribution in [0.4, 0.5) is 0 Å². The number of nitrogens with two attached hydrogens (primary N) is 1. The summed E-state index contributed by atoms with van der Waals surface area (Å²) in [6, 6.07) is 9.12. The summed E-state index contributed by atoms with van der Waals surface area (Å²) in [5.74, 6) is -0.198. The molecule has 0 heterocycles. The second-order valence-electron chi connectivity index (χ2n) is 2.89. The molecule has 0 spiro atoms. The van der Waals surface area contributed by atoms with Crippen molar-refractivity contribution in [1.82, 2.24) is 0 Å². The second kappa shape index (κ2) is 5.67. The van der Waals surface area contributed by atoms with Gasteiger partial charge in [0.05, 0.1) is 0 Å². The van der Waals surface area contributed by atoms with E-state index < -0.39 is 12.0 Å². The highest BCUT2D eigenvalue weighted by atomic mass is 32.2. The van der Waals surface area contributed by atoms with Gasteiger partial charge in [-0.05, 0) is 18.6 Å². The molecule has 3 nitrogen and oxygen atoms in total. The van der Waals surface area contributed by atoms with Gasteiger partial charge in [-0.15, -0.1) is 11.8 Å². The van der Waals surface area contributed by atoms with Gasteiger partial charge in [-0.2, -0.15) is 0 Å². The number of carboxylic acid groups (broad SMARTS) is 1. The first-order valence-electron chi connectivity index (χ1n) is 4.36. The zero-order valence-corrected chi connectivity index (χ0v) is 8.54. The van der Waals surface area contributed by atoms with Crippen LogP contribution in [-0.4, -0.2) is 22.9 Å². The highest BCUT2D eigenvalue weighted by Crippen LogP contribution is 2.17. The van der Waals surface area contributed by atoms with Gasteiger partial charge in [0.2, 0.25) is 0 Å². The third-order valence-corrected chi connectivity index (χ3v) is 2.80. The first-order chi connectivity index (χ1) is 6.70. The fourth-order valence-electron chi connectivity index (χ4n) is 0.944. The molecular formula is C10H13NO2S. The van der Waals surface area contributed by atoms with E-state index in [0.717, 1.165) is 10.6 Å². The second-order valence-corrected chi connectivity index (χ2v) is 4.06. The predicted octanol–water partition coefficient (Wildman–Crippen LogP) is 1.58. The van der Waals surface area contributed by atoms with Crippen molar-refractivity contribution in [2.75, 3.05) is 5.75 Å². The lowest BCUT2D eigenvalue weighted by Gasteiger charge is -2.05. The number of rotatable bonds is 5. The van der Waals surface area contributed by atoms with E-state index in [-0.39, 0.29) is 0 Å². The Balaban J connectivity index is 2.26. The molecule has 0 aliphatic heterocycles. The number of thioether (sulfide) groups is 1. The van der Waals surface area contributed by atoms with E-state index in [4.69, 9.17) is 10.8 Å². The van der Waals surface area contributed by atoms with Crippen LogP contribution in [0.5, 0.6) is 0 Å². The van der Waals surface area contributed by atoms with Gasteiger partial charge in [0, 0.05) is 10.6 Å². The average Bonchev–Trinajstić information content (AvgIpc) is 2.19. The molecule has 0 aromatic heterocycles. The van der Waals surface area contributed by atoms with Crippen LogP contribution in [0.3, 0.4) is 0 Å². The van der Waals surface area contributed by atoms with Crippen LogP contribution in [0.2, 0.25) is 0 Å². The van der Waals surface area contributed by atoms with Crippen LogP contribution in [0.15, 0.2) is 35.2 Å². The zero-order valence-electron chi connectivity index (χ0n) is 7.72. The molecule has 1 aromatic carbocycles. The van der Waals surface area contributed by atoms with Crippen molar-refractivity contribution in [3.63, 3.8) is 0 Å². The normalized spacial score (nSPS) is 12.4. The van der Waals surface area contributed by atoms with E-state index >= 15 is 0 Å². The van der Waals surface area contributed by atoms with Gasteiger partial charge < -0.3 is 10.8 Å². The quantitative estimate of drug-likeness (QED) is 0.726. The van der Waals surface area contributed by atoms with Crippen molar-refractivity contribution in [2.45, 2.75) is 17.4 Å². The topological polar surface area (TPSA) is 63.3 Å². The van der Waals surface area contributed by atoms with Gasteiger partial charge in [0.15, 0.2) is 0 Å². The number of hydrogen-bond acceptors (Lipinski definition) is 3. The zero-order chi connectivity index (χ0) is 10.4. The summed E-state index contributed by atoms with van der Waals surface area (Å²) in [6.45, 7) is 0. The molecule has 0 fully saturated rings. The molecule has 3 N–H and O–H groups in total. The molecule has 0 radical (unpaired) electrons. The lowest BCUT2D eigenvalue weighted by Crippen LogP contribution is -2.30. The summed E-state index contributed by atoms with van der Waals surface area (Å²) in [6.07, 6.45) is 0.495. The van der Waals surface area contributed by atoms with Crippen molar-refractivity contribution in [3.8, 4) is 0 Å². The Bertz CT molecular complexity index is 289. The van der Waals surface area contributed by atoms with Gasteiger partial charge in [0.1, 0.15) is 6.04 Å². The van der Waals surface area contributed by atoms with Crippen LogP contribution in [0.1, 0.15) is 6.42 Å². The molecule has 1 rings (SSSR count). The maximum atomic E-state index is 10.4. The van der Waals surface area contributed by atoms with Crippen LogP contribution in [0.25, 0.3) is 0 Å². The van der Waals surface area contributed by atoms with Crippen LogP contribution < -0.4 is 5.73 Å². The lowest BCUT2D eigenvalue weighted by atomic mass is 10.2. The fraction of sp³-hybridized carbons (Fsp3) is 0.300. The Labute approximate surface area is 87.3 Å². The molecular weight excluding hydrogens is 198 g/mol. The van der Waals surface area contributed by atoms with Crippen molar-refractivity contribution < 1.29 is 9.90 Å². The van der Waals surface area contributed by atoms with Gasteiger partial charge in [0.25, 0.3) is 0 Å². The summed E-state index contributed by atoms with van der Waals surface area (Å²) in [5, 5.41) is 8.54. The van der Waals surface area contributed by atoms with E-state index in [0.29, 0.717) is 6.42 Å². The van der Waals surface area contributed by atoms with E-state index in [9.17, 15) is 4.79 Å². The van der Waals surface area contributed by atoms with Crippen LogP contribution >= 0.6 is 11.8 Å². The van der Waals surface area contributed by atoms with Crippen molar-refractivity contribution in [3.05, 3.63) is 30.3 Å². The molecule has 4 heteroatoms. The Morgan fingerprint density at radius 1 is 1.43 bits per heavy atom. The fourth-order valence-corrected chi connectivity index (χ4v) is 1.90. The van der Waals surface area contributed by atoms with Crippen molar-refractivity contribution >= 4 is 17.7 Å². The molecule has 0 bridgehead atoms. The lowest BCUT2D eigenvalue weighted by molar-refractivity contribution is -0.138. The first-order valence-corrected chi connectivity index (χ1v) is 5.35. The minimum Gasteiger partial charge on any atom is -0.480 e. The molecule has 1 atom stereocenters. The summed E-state index contributed by atoms with van der Waals surface area (Å²) in [4.78, 5) is 11.6. The maximum absolute atomic E-state index is 10.4. The first kappa shape index (κ1) is 11.1. The molecule has 0 aliphatic rings. The monoisotopic (exact) mass is 211 g/mol. The highest BCUT2D eigenvalue weighted by Gasteiger charge is 2.10. The molecule has 76 valence electrons. The van der Waals surface area contributed by atoms with Gasteiger partial charge in [-0.3, -0.25) is 4.79 Å². The Hall–Kier alpha value is -1.00. The van der Waals surface area contributed by atoms with Crippen molar-refractivity contribution in [1.29, 1.82) is 0 Å². The molecule has 14 heavy (non-hydrogen) atoms. The minimum atomic E-state index is -0.932. The summed E-state index contributed by atoms with van der Waals surface area (Å²) >= 11 is 1.62. The SMILES string of the molecule is NC(CCSc1ccccc1)C(=O)O. The predicted molar refractivity (Wildman–Crippen MR) is 57.4 cm³/mol. The Morgan fingerprint density at radius 3 is 2.64 bits per heavy atom. The van der Waals surface area contributed by atoms with E-state index in [1.54, 1.807) is 11.8 Å². The Morgan fingerprint density at radius 2 is 2.07 bits per heavy atom.